The third-order valence-corrected chi connectivity index (χ3v) is 2.52. The van der Waals surface area contributed by atoms with Crippen LogP contribution in [0.2, 0.25) is 0 Å². The molecule has 74 valence electrons. The topological polar surface area (TPSA) is 20.3 Å². The second kappa shape index (κ2) is 4.66. The lowest BCUT2D eigenvalue weighted by Gasteiger charge is -2.12. The zero-order valence-electron chi connectivity index (χ0n) is 7.95. The summed E-state index contributed by atoms with van der Waals surface area (Å²) in [5.41, 5.74) is 1.40. The Bertz CT molecular complexity index is 376. The lowest BCUT2D eigenvalue weighted by Crippen LogP contribution is -2.22. The van der Waals surface area contributed by atoms with Gasteiger partial charge in [-0.15, -0.1) is 0 Å². The van der Waals surface area contributed by atoms with E-state index in [9.17, 15) is 4.79 Å². The molecule has 0 saturated carbocycles. The second-order valence-corrected chi connectivity index (χ2v) is 4.20. The van der Waals surface area contributed by atoms with E-state index < -0.39 is 0 Å². The Morgan fingerprint density at radius 1 is 1.50 bits per heavy atom. The minimum Gasteiger partial charge on any atom is -0.345 e. The normalized spacial score (nSPS) is 9.64. The second-order valence-electron chi connectivity index (χ2n) is 3.05. The van der Waals surface area contributed by atoms with Crippen molar-refractivity contribution in [3.8, 4) is 0 Å². The van der Waals surface area contributed by atoms with Crippen LogP contribution in [0.4, 0.5) is 0 Å². The third kappa shape index (κ3) is 2.39. The molecule has 0 aliphatic heterocycles. The van der Waals surface area contributed by atoms with Gasteiger partial charge in [-0.2, -0.15) is 0 Å². The summed E-state index contributed by atoms with van der Waals surface area (Å²) < 4.78 is 0.920. The lowest BCUT2D eigenvalue weighted by molar-refractivity contribution is 0.0827. The van der Waals surface area contributed by atoms with E-state index >= 15 is 0 Å². The molecule has 0 aliphatic rings. The first-order valence-corrected chi connectivity index (χ1v) is 5.29. The number of rotatable bonds is 2. The quantitative estimate of drug-likeness (QED) is 0.771. The Kier molecular flexibility index (Phi) is 3.77. The summed E-state index contributed by atoms with van der Waals surface area (Å²) in [5, 5.41) is 1.52. The van der Waals surface area contributed by atoms with Gasteiger partial charge in [-0.25, -0.2) is 0 Å². The van der Waals surface area contributed by atoms with Crippen LogP contribution in [0, 0.1) is 0 Å². The molecule has 0 N–H and O–H groups in total. The van der Waals surface area contributed by atoms with E-state index in [0.717, 1.165) is 10.0 Å². The minimum atomic E-state index is -0.0337. The highest BCUT2D eigenvalue weighted by molar-refractivity contribution is 9.10. The van der Waals surface area contributed by atoms with E-state index in [1.807, 2.05) is 12.1 Å². The molecule has 0 aromatic heterocycles. The van der Waals surface area contributed by atoms with E-state index in [1.165, 1.54) is 10.3 Å². The molecule has 0 heterocycles. The van der Waals surface area contributed by atoms with E-state index in [1.54, 1.807) is 20.2 Å². The summed E-state index contributed by atoms with van der Waals surface area (Å²) in [7, 11) is 3.44. The SMILES string of the molecule is CN(C)C(=O)c1ccc(Br)cc1C=S. The van der Waals surface area contributed by atoms with Crippen molar-refractivity contribution >= 4 is 39.4 Å². The first-order chi connectivity index (χ1) is 6.56. The molecule has 0 bridgehead atoms. The average Bonchev–Trinajstić information content (AvgIpc) is 2.16. The minimum absolute atomic E-state index is 0.0337. The molecule has 1 aromatic carbocycles. The van der Waals surface area contributed by atoms with Crippen LogP contribution in [-0.4, -0.2) is 30.3 Å². The Balaban J connectivity index is 3.20. The van der Waals surface area contributed by atoms with Crippen molar-refractivity contribution in [2.45, 2.75) is 0 Å². The molecule has 1 amide bonds. The van der Waals surface area contributed by atoms with Crippen molar-refractivity contribution in [2.75, 3.05) is 14.1 Å². The summed E-state index contributed by atoms with van der Waals surface area (Å²) in [5.74, 6) is -0.0337. The van der Waals surface area contributed by atoms with Crippen LogP contribution in [-0.2, 0) is 0 Å². The van der Waals surface area contributed by atoms with Crippen LogP contribution in [0.15, 0.2) is 22.7 Å². The Morgan fingerprint density at radius 2 is 2.14 bits per heavy atom. The number of benzene rings is 1. The summed E-state index contributed by atoms with van der Waals surface area (Å²) in [6, 6.07) is 5.44. The van der Waals surface area contributed by atoms with E-state index in [2.05, 4.69) is 15.9 Å². The summed E-state index contributed by atoms with van der Waals surface area (Å²) in [6.07, 6.45) is 0. The predicted octanol–water partition coefficient (Wildman–Crippen LogP) is 2.50. The Labute approximate surface area is 97.0 Å². The van der Waals surface area contributed by atoms with Gasteiger partial charge in [0.05, 0.1) is 0 Å². The van der Waals surface area contributed by atoms with E-state index in [0.29, 0.717) is 5.56 Å². The number of hydrogen-bond donors (Lipinski definition) is 0. The van der Waals surface area contributed by atoms with Gasteiger partial charge in [-0.05, 0) is 23.8 Å². The van der Waals surface area contributed by atoms with Gasteiger partial charge in [0.25, 0.3) is 5.91 Å². The Hall–Kier alpha value is -0.740. The van der Waals surface area contributed by atoms with Gasteiger partial charge >= 0.3 is 0 Å². The Morgan fingerprint density at radius 3 is 2.64 bits per heavy atom. The lowest BCUT2D eigenvalue weighted by atomic mass is 10.1. The summed E-state index contributed by atoms with van der Waals surface area (Å²) >= 11 is 8.19. The molecule has 0 aliphatic carbocycles. The number of halogens is 1. The monoisotopic (exact) mass is 271 g/mol. The molecule has 1 aromatic rings. The molecule has 2 nitrogen and oxygen atoms in total. The standard InChI is InChI=1S/C10H10BrNOS/c1-12(2)10(13)9-4-3-8(11)5-7(9)6-14/h3-6H,1-2H3. The van der Waals surface area contributed by atoms with Crippen LogP contribution in [0.5, 0.6) is 0 Å². The highest BCUT2D eigenvalue weighted by Crippen LogP contribution is 2.16. The fourth-order valence-corrected chi connectivity index (χ4v) is 1.64. The van der Waals surface area contributed by atoms with Crippen molar-refractivity contribution in [1.29, 1.82) is 0 Å². The first-order valence-electron chi connectivity index (χ1n) is 4.02. The molecule has 0 spiro atoms. The number of nitrogens with zero attached hydrogens (tertiary/aromatic N) is 1. The highest BCUT2D eigenvalue weighted by atomic mass is 79.9. The average molecular weight is 272 g/mol. The molecular formula is C10H10BrNOS. The molecular weight excluding hydrogens is 262 g/mol. The van der Waals surface area contributed by atoms with Crippen molar-refractivity contribution in [2.24, 2.45) is 0 Å². The molecule has 0 radical (unpaired) electrons. The maximum absolute atomic E-state index is 11.7. The summed E-state index contributed by atoms with van der Waals surface area (Å²) in [6.45, 7) is 0. The van der Waals surface area contributed by atoms with Crippen molar-refractivity contribution < 1.29 is 4.79 Å². The van der Waals surface area contributed by atoms with Crippen LogP contribution < -0.4 is 0 Å². The van der Waals surface area contributed by atoms with Gasteiger partial charge in [-0.3, -0.25) is 4.79 Å². The fraction of sp³-hybridized carbons (Fsp3) is 0.200. The van der Waals surface area contributed by atoms with Crippen LogP contribution in [0.25, 0.3) is 0 Å². The third-order valence-electron chi connectivity index (χ3n) is 1.78. The highest BCUT2D eigenvalue weighted by Gasteiger charge is 2.11. The van der Waals surface area contributed by atoms with E-state index in [-0.39, 0.29) is 5.91 Å². The number of carbonyl (C=O) groups is 1. The maximum atomic E-state index is 11.7. The van der Waals surface area contributed by atoms with E-state index in [4.69, 9.17) is 12.2 Å². The van der Waals surface area contributed by atoms with Gasteiger partial charge in [0.1, 0.15) is 0 Å². The number of hydrogen-bond acceptors (Lipinski definition) is 2. The maximum Gasteiger partial charge on any atom is 0.253 e. The number of amides is 1. The molecule has 0 saturated heterocycles. The number of carbonyl (C=O) groups excluding carboxylic acids is 1. The van der Waals surface area contributed by atoms with Crippen LogP contribution in [0.1, 0.15) is 15.9 Å². The van der Waals surface area contributed by atoms with Gasteiger partial charge < -0.3 is 4.90 Å². The van der Waals surface area contributed by atoms with Gasteiger partial charge in [0.15, 0.2) is 0 Å². The molecule has 0 fully saturated rings. The van der Waals surface area contributed by atoms with Crippen molar-refractivity contribution in [1.82, 2.24) is 4.90 Å². The largest absolute Gasteiger partial charge is 0.345 e. The van der Waals surface area contributed by atoms with Crippen LogP contribution in [0.3, 0.4) is 0 Å². The number of thiocarbonyl (C=S) groups is 1. The fourth-order valence-electron chi connectivity index (χ4n) is 1.07. The molecule has 0 atom stereocenters. The van der Waals surface area contributed by atoms with Gasteiger partial charge in [0.2, 0.25) is 0 Å². The first kappa shape index (κ1) is 11.3. The predicted molar refractivity (Wildman–Crippen MR) is 64.9 cm³/mol. The van der Waals surface area contributed by atoms with Crippen LogP contribution >= 0.6 is 28.1 Å². The molecule has 14 heavy (non-hydrogen) atoms. The van der Waals surface area contributed by atoms with Crippen molar-refractivity contribution in [3.63, 3.8) is 0 Å². The molecule has 1 rings (SSSR count). The molecule has 4 heteroatoms. The summed E-state index contributed by atoms with van der Waals surface area (Å²) in [4.78, 5) is 13.2. The zero-order valence-corrected chi connectivity index (χ0v) is 10.4. The molecule has 0 unspecified atom stereocenters. The van der Waals surface area contributed by atoms with Gasteiger partial charge in [-0.1, -0.05) is 28.1 Å². The van der Waals surface area contributed by atoms with Crippen molar-refractivity contribution in [3.05, 3.63) is 33.8 Å². The smallest absolute Gasteiger partial charge is 0.253 e. The van der Waals surface area contributed by atoms with Gasteiger partial charge in [0, 0.05) is 29.5 Å². The zero-order chi connectivity index (χ0) is 10.7.